The smallest absolute Gasteiger partial charge is 0.228 e. The molecular weight excluding hydrogens is 312 g/mol. The highest BCUT2D eigenvalue weighted by Crippen LogP contribution is 2.46. The van der Waals surface area contributed by atoms with Crippen LogP contribution in [0, 0.1) is 5.92 Å². The van der Waals surface area contributed by atoms with Crippen LogP contribution in [0.25, 0.3) is 0 Å². The van der Waals surface area contributed by atoms with Gasteiger partial charge in [0.2, 0.25) is 5.91 Å². The number of fused-ring (bicyclic) bond motifs is 1. The van der Waals surface area contributed by atoms with Gasteiger partial charge in [-0.3, -0.25) is 4.79 Å². The number of ether oxygens (including phenoxy) is 2. The first-order valence-electron chi connectivity index (χ1n) is 8.53. The van der Waals surface area contributed by atoms with E-state index in [1.54, 1.807) is 11.3 Å². The molecule has 2 aliphatic rings. The molecule has 128 valence electrons. The summed E-state index contributed by atoms with van der Waals surface area (Å²) in [6, 6.07) is 0. The summed E-state index contributed by atoms with van der Waals surface area (Å²) in [5.74, 6) is -0.237. The first-order valence-corrected chi connectivity index (χ1v) is 9.35. The van der Waals surface area contributed by atoms with E-state index in [0.717, 1.165) is 42.8 Å². The van der Waals surface area contributed by atoms with E-state index >= 15 is 0 Å². The molecule has 2 N–H and O–H groups in total. The van der Waals surface area contributed by atoms with Gasteiger partial charge in [0.1, 0.15) is 5.00 Å². The van der Waals surface area contributed by atoms with Crippen LogP contribution in [0.2, 0.25) is 0 Å². The third-order valence-electron chi connectivity index (χ3n) is 4.93. The molecule has 23 heavy (non-hydrogen) atoms. The van der Waals surface area contributed by atoms with Gasteiger partial charge in [0.05, 0.1) is 18.9 Å². The average molecular weight is 338 g/mol. The molecule has 1 amide bonds. The summed E-state index contributed by atoms with van der Waals surface area (Å²) in [5.41, 5.74) is 2.37. The monoisotopic (exact) mass is 338 g/mol. The molecule has 1 spiro atoms. The molecule has 1 aliphatic carbocycles. The molecule has 5 nitrogen and oxygen atoms in total. The van der Waals surface area contributed by atoms with Crippen molar-refractivity contribution in [2.75, 3.05) is 30.9 Å². The van der Waals surface area contributed by atoms with E-state index in [4.69, 9.17) is 9.47 Å². The summed E-state index contributed by atoms with van der Waals surface area (Å²) in [4.78, 5) is 13.7. The fourth-order valence-corrected chi connectivity index (χ4v) is 4.88. The molecule has 2 heterocycles. The maximum Gasteiger partial charge on any atom is 0.228 e. The van der Waals surface area contributed by atoms with Crippen molar-refractivity contribution < 1.29 is 14.3 Å². The Morgan fingerprint density at radius 3 is 2.61 bits per heavy atom. The van der Waals surface area contributed by atoms with Crippen LogP contribution in [0.5, 0.6) is 0 Å². The highest BCUT2D eigenvalue weighted by Gasteiger charge is 2.41. The number of carbonyl (C=O) groups is 1. The van der Waals surface area contributed by atoms with Crippen LogP contribution >= 0.6 is 11.3 Å². The van der Waals surface area contributed by atoms with Crippen molar-refractivity contribution in [1.82, 2.24) is 0 Å². The molecule has 0 radical (unpaired) electrons. The molecule has 6 heteroatoms. The number of amides is 1. The van der Waals surface area contributed by atoms with Gasteiger partial charge in [0.15, 0.2) is 5.79 Å². The summed E-state index contributed by atoms with van der Waals surface area (Å²) < 4.78 is 11.7. The molecule has 0 bridgehead atoms. The molecular formula is C17H26N2O3S. The second-order valence-electron chi connectivity index (χ2n) is 6.24. The van der Waals surface area contributed by atoms with E-state index in [-0.39, 0.29) is 11.8 Å². The van der Waals surface area contributed by atoms with E-state index < -0.39 is 5.79 Å². The molecule has 0 aromatic carbocycles. The fraction of sp³-hybridized carbons (Fsp3) is 0.706. The quantitative estimate of drug-likeness (QED) is 0.864. The molecule has 1 aliphatic heterocycles. The number of rotatable bonds is 5. The zero-order chi connectivity index (χ0) is 16.4. The minimum atomic E-state index is -0.431. The predicted molar refractivity (Wildman–Crippen MR) is 93.2 cm³/mol. The number of carbonyl (C=O) groups excluding carboxylic acids is 1. The molecule has 0 unspecified atom stereocenters. The van der Waals surface area contributed by atoms with Crippen molar-refractivity contribution >= 4 is 27.9 Å². The van der Waals surface area contributed by atoms with Gasteiger partial charge in [-0.2, -0.15) is 0 Å². The van der Waals surface area contributed by atoms with Gasteiger partial charge < -0.3 is 20.1 Å². The molecule has 0 saturated carbocycles. The van der Waals surface area contributed by atoms with Gasteiger partial charge in [0.25, 0.3) is 0 Å². The van der Waals surface area contributed by atoms with Crippen LogP contribution in [0.4, 0.5) is 10.7 Å². The molecule has 0 atom stereocenters. The van der Waals surface area contributed by atoms with E-state index in [9.17, 15) is 4.79 Å². The van der Waals surface area contributed by atoms with Crippen molar-refractivity contribution in [3.8, 4) is 0 Å². The number of thiophene rings is 1. The van der Waals surface area contributed by atoms with Crippen LogP contribution in [-0.4, -0.2) is 32.0 Å². The SMILES string of the molecule is CCC(CC)C(=O)Nc1sc2c(c1NC)CCC1(C2)OCCO1. The first kappa shape index (κ1) is 16.7. The lowest BCUT2D eigenvalue weighted by atomic mass is 9.92. The van der Waals surface area contributed by atoms with E-state index in [1.807, 2.05) is 7.05 Å². The van der Waals surface area contributed by atoms with Gasteiger partial charge in [0, 0.05) is 30.7 Å². The van der Waals surface area contributed by atoms with Gasteiger partial charge in [-0.1, -0.05) is 13.8 Å². The Balaban J connectivity index is 1.83. The van der Waals surface area contributed by atoms with Gasteiger partial charge >= 0.3 is 0 Å². The normalized spacial score (nSPS) is 19.1. The Bertz CT molecular complexity index is 575. The standard InChI is InChI=1S/C17H26N2O3S/c1-4-11(5-2)15(20)19-16-14(18-3)12-6-7-17(10-13(12)23-16)21-8-9-22-17/h11,18H,4-10H2,1-3H3,(H,19,20). The fourth-order valence-electron chi connectivity index (χ4n) is 3.54. The summed E-state index contributed by atoms with van der Waals surface area (Å²) in [5, 5.41) is 7.35. The molecule has 1 aromatic heterocycles. The van der Waals surface area contributed by atoms with Gasteiger partial charge in [-0.25, -0.2) is 0 Å². The predicted octanol–water partition coefficient (Wildman–Crippen LogP) is 3.40. The zero-order valence-corrected chi connectivity index (χ0v) is 15.0. The van der Waals surface area contributed by atoms with Gasteiger partial charge in [-0.15, -0.1) is 11.3 Å². The van der Waals surface area contributed by atoms with Crippen LogP contribution < -0.4 is 10.6 Å². The van der Waals surface area contributed by atoms with Crippen LogP contribution in [0.15, 0.2) is 0 Å². The molecule has 1 aromatic rings. The topological polar surface area (TPSA) is 59.6 Å². The summed E-state index contributed by atoms with van der Waals surface area (Å²) in [7, 11) is 1.92. The number of hydrogen-bond acceptors (Lipinski definition) is 5. The van der Waals surface area contributed by atoms with E-state index in [1.165, 1.54) is 10.4 Å². The Hall–Kier alpha value is -1.11. The Labute approximate surface area is 141 Å². The summed E-state index contributed by atoms with van der Waals surface area (Å²) >= 11 is 1.66. The van der Waals surface area contributed by atoms with E-state index in [2.05, 4.69) is 24.5 Å². The molecule has 1 fully saturated rings. The van der Waals surface area contributed by atoms with Crippen molar-refractivity contribution in [3.05, 3.63) is 10.4 Å². The van der Waals surface area contributed by atoms with Crippen molar-refractivity contribution in [3.63, 3.8) is 0 Å². The van der Waals surface area contributed by atoms with Crippen molar-refractivity contribution in [1.29, 1.82) is 0 Å². The Kier molecular flexibility index (Phi) is 4.94. The van der Waals surface area contributed by atoms with Crippen LogP contribution in [0.1, 0.15) is 43.6 Å². The number of anilines is 2. The third kappa shape index (κ3) is 3.12. The highest BCUT2D eigenvalue weighted by molar-refractivity contribution is 7.17. The summed E-state index contributed by atoms with van der Waals surface area (Å²) in [6.07, 6.45) is 4.32. The Morgan fingerprint density at radius 1 is 1.30 bits per heavy atom. The highest BCUT2D eigenvalue weighted by atomic mass is 32.1. The lowest BCUT2D eigenvalue weighted by Crippen LogP contribution is -2.36. The van der Waals surface area contributed by atoms with Crippen molar-refractivity contribution in [2.24, 2.45) is 5.92 Å². The number of hydrogen-bond donors (Lipinski definition) is 2. The molecule has 3 rings (SSSR count). The van der Waals surface area contributed by atoms with E-state index in [0.29, 0.717) is 13.2 Å². The minimum absolute atomic E-state index is 0.0756. The summed E-state index contributed by atoms with van der Waals surface area (Å²) in [6.45, 7) is 5.48. The third-order valence-corrected chi connectivity index (χ3v) is 6.08. The lowest BCUT2D eigenvalue weighted by molar-refractivity contribution is -0.163. The maximum absolute atomic E-state index is 12.4. The van der Waals surface area contributed by atoms with Crippen LogP contribution in [-0.2, 0) is 27.1 Å². The lowest BCUT2D eigenvalue weighted by Gasteiger charge is -2.31. The second-order valence-corrected chi connectivity index (χ2v) is 7.35. The molecule has 1 saturated heterocycles. The largest absolute Gasteiger partial charge is 0.385 e. The van der Waals surface area contributed by atoms with Gasteiger partial charge in [-0.05, 0) is 24.8 Å². The second kappa shape index (κ2) is 6.79. The minimum Gasteiger partial charge on any atom is -0.385 e. The Morgan fingerprint density at radius 2 is 2.00 bits per heavy atom. The van der Waals surface area contributed by atoms with Crippen LogP contribution in [0.3, 0.4) is 0 Å². The average Bonchev–Trinajstić information content (AvgIpc) is 3.12. The zero-order valence-electron chi connectivity index (χ0n) is 14.2. The first-order chi connectivity index (χ1) is 11.1. The number of nitrogens with one attached hydrogen (secondary N) is 2. The van der Waals surface area contributed by atoms with Crippen molar-refractivity contribution in [2.45, 2.75) is 51.7 Å². The maximum atomic E-state index is 12.4.